The van der Waals surface area contributed by atoms with Gasteiger partial charge in [0.2, 0.25) is 0 Å². The highest BCUT2D eigenvalue weighted by atomic mass is 127. The van der Waals surface area contributed by atoms with Gasteiger partial charge in [-0.3, -0.25) is 4.99 Å². The van der Waals surface area contributed by atoms with Crippen molar-refractivity contribution < 1.29 is 9.53 Å². The van der Waals surface area contributed by atoms with Gasteiger partial charge >= 0.3 is 6.09 Å². The summed E-state index contributed by atoms with van der Waals surface area (Å²) in [5.74, 6) is 0.661. The first kappa shape index (κ1) is 26.7. The molecule has 1 aromatic heterocycles. The van der Waals surface area contributed by atoms with Gasteiger partial charge in [0.15, 0.2) is 5.96 Å². The van der Waals surface area contributed by atoms with Gasteiger partial charge in [-0.2, -0.15) is 0 Å². The summed E-state index contributed by atoms with van der Waals surface area (Å²) in [7, 11) is 1.72. The highest BCUT2D eigenvalue weighted by Crippen LogP contribution is 2.09. The second-order valence-corrected chi connectivity index (χ2v) is 8.85. The van der Waals surface area contributed by atoms with Crippen molar-refractivity contribution in [3.8, 4) is 0 Å². The minimum absolute atomic E-state index is 0. The van der Waals surface area contributed by atoms with Crippen LogP contribution in [0.2, 0.25) is 0 Å². The number of imidazole rings is 1. The molecule has 0 aliphatic heterocycles. The standard InChI is InChI=1S/C22H34N6O2.HI/c1-21(2,3)30-20(29)27-22(4,5)15-26-19(23-6)25-13-17-8-7-9-18(12-17)14-28-11-10-24-16-28;/h7-12,16H,13-15H2,1-6H3,(H,27,29)(H2,23,25,26);1H. The lowest BCUT2D eigenvalue weighted by Gasteiger charge is -2.29. The van der Waals surface area contributed by atoms with E-state index < -0.39 is 17.2 Å². The number of guanidine groups is 1. The van der Waals surface area contributed by atoms with Crippen molar-refractivity contribution in [3.63, 3.8) is 0 Å². The molecule has 1 amide bonds. The van der Waals surface area contributed by atoms with E-state index in [0.29, 0.717) is 19.0 Å². The summed E-state index contributed by atoms with van der Waals surface area (Å²) >= 11 is 0. The van der Waals surface area contributed by atoms with Crippen LogP contribution in [-0.4, -0.2) is 46.3 Å². The average Bonchev–Trinajstić information content (AvgIpc) is 3.13. The van der Waals surface area contributed by atoms with Gasteiger partial charge < -0.3 is 25.3 Å². The van der Waals surface area contributed by atoms with Crippen LogP contribution in [0.25, 0.3) is 0 Å². The second kappa shape index (κ2) is 11.9. The van der Waals surface area contributed by atoms with Crippen molar-refractivity contribution in [1.82, 2.24) is 25.5 Å². The van der Waals surface area contributed by atoms with Crippen LogP contribution in [0.4, 0.5) is 4.79 Å². The molecular weight excluding hydrogens is 507 g/mol. The molecule has 0 atom stereocenters. The Hall–Kier alpha value is -2.30. The van der Waals surface area contributed by atoms with E-state index in [1.165, 1.54) is 5.56 Å². The molecule has 0 saturated carbocycles. The molecule has 0 aliphatic rings. The van der Waals surface area contributed by atoms with E-state index in [1.54, 1.807) is 13.2 Å². The Kier molecular flexibility index (Phi) is 10.3. The van der Waals surface area contributed by atoms with Gasteiger partial charge in [0, 0.05) is 39.1 Å². The monoisotopic (exact) mass is 542 g/mol. The lowest BCUT2D eigenvalue weighted by Crippen LogP contribution is -2.54. The molecule has 0 fully saturated rings. The Morgan fingerprint density at radius 3 is 2.48 bits per heavy atom. The molecule has 2 rings (SSSR count). The van der Waals surface area contributed by atoms with Crippen molar-refractivity contribution in [3.05, 3.63) is 54.1 Å². The number of carbonyl (C=O) groups excluding carboxylic acids is 1. The lowest BCUT2D eigenvalue weighted by molar-refractivity contribution is 0.0474. The van der Waals surface area contributed by atoms with Crippen molar-refractivity contribution >= 4 is 36.0 Å². The first-order valence-electron chi connectivity index (χ1n) is 10.1. The molecule has 0 radical (unpaired) electrons. The molecule has 1 heterocycles. The number of nitrogens with one attached hydrogen (secondary N) is 3. The second-order valence-electron chi connectivity index (χ2n) is 8.85. The third-order valence-electron chi connectivity index (χ3n) is 4.14. The number of alkyl carbamates (subject to hydrolysis) is 1. The van der Waals surface area contributed by atoms with E-state index in [-0.39, 0.29) is 24.0 Å². The molecule has 172 valence electrons. The van der Waals surface area contributed by atoms with Crippen LogP contribution in [0.3, 0.4) is 0 Å². The third kappa shape index (κ3) is 10.5. The topological polar surface area (TPSA) is 92.6 Å². The zero-order valence-corrected chi connectivity index (χ0v) is 21.6. The van der Waals surface area contributed by atoms with Gasteiger partial charge in [-0.05, 0) is 45.7 Å². The van der Waals surface area contributed by atoms with Crippen LogP contribution in [-0.2, 0) is 17.8 Å². The number of halogens is 1. The summed E-state index contributed by atoms with van der Waals surface area (Å²) in [6, 6.07) is 8.38. The average molecular weight is 542 g/mol. The summed E-state index contributed by atoms with van der Waals surface area (Å²) in [6.07, 6.45) is 5.10. The van der Waals surface area contributed by atoms with E-state index >= 15 is 0 Å². The van der Waals surface area contributed by atoms with Crippen LogP contribution in [0.5, 0.6) is 0 Å². The van der Waals surface area contributed by atoms with Gasteiger partial charge in [0.1, 0.15) is 5.60 Å². The maximum Gasteiger partial charge on any atom is 0.408 e. The van der Waals surface area contributed by atoms with E-state index in [2.05, 4.69) is 44.1 Å². The zero-order chi connectivity index (χ0) is 22.2. The molecule has 1 aromatic carbocycles. The number of aromatic nitrogens is 2. The van der Waals surface area contributed by atoms with E-state index in [0.717, 1.165) is 12.1 Å². The van der Waals surface area contributed by atoms with E-state index in [1.807, 2.05) is 57.8 Å². The lowest BCUT2D eigenvalue weighted by atomic mass is 10.1. The van der Waals surface area contributed by atoms with Crippen LogP contribution in [0, 0.1) is 0 Å². The molecule has 2 aromatic rings. The molecule has 31 heavy (non-hydrogen) atoms. The summed E-state index contributed by atoms with van der Waals surface area (Å²) in [5, 5.41) is 9.45. The maximum absolute atomic E-state index is 12.0. The molecule has 9 heteroatoms. The number of amides is 1. The predicted molar refractivity (Wildman–Crippen MR) is 135 cm³/mol. The van der Waals surface area contributed by atoms with Crippen LogP contribution >= 0.6 is 24.0 Å². The van der Waals surface area contributed by atoms with Crippen molar-refractivity contribution in [2.45, 2.75) is 58.8 Å². The molecule has 0 aliphatic carbocycles. The fourth-order valence-corrected chi connectivity index (χ4v) is 2.76. The maximum atomic E-state index is 12.0. The first-order chi connectivity index (χ1) is 14.1. The first-order valence-corrected chi connectivity index (χ1v) is 10.1. The molecule has 0 bridgehead atoms. The summed E-state index contributed by atoms with van der Waals surface area (Å²) in [6.45, 7) is 11.3. The Bertz CT molecular complexity index is 844. The Balaban J connectivity index is 0.00000480. The van der Waals surface area contributed by atoms with Gasteiger partial charge in [0.25, 0.3) is 0 Å². The van der Waals surface area contributed by atoms with Gasteiger partial charge in [0.05, 0.1) is 11.9 Å². The van der Waals surface area contributed by atoms with Gasteiger partial charge in [-0.1, -0.05) is 24.3 Å². The SMILES string of the molecule is CN=C(NCc1cccc(Cn2ccnc2)c1)NCC(C)(C)NC(=O)OC(C)(C)C.I. The summed E-state index contributed by atoms with van der Waals surface area (Å²) in [5.41, 5.74) is 1.32. The molecule has 0 saturated heterocycles. The predicted octanol–water partition coefficient (Wildman–Crippen LogP) is 3.52. The van der Waals surface area contributed by atoms with Crippen LogP contribution < -0.4 is 16.0 Å². The number of carbonyl (C=O) groups is 1. The highest BCUT2D eigenvalue weighted by molar-refractivity contribution is 14.0. The number of benzene rings is 1. The van der Waals surface area contributed by atoms with Gasteiger partial charge in [-0.25, -0.2) is 9.78 Å². The Labute approximate surface area is 202 Å². The number of rotatable bonds is 7. The van der Waals surface area contributed by atoms with Gasteiger partial charge in [-0.15, -0.1) is 24.0 Å². The summed E-state index contributed by atoms with van der Waals surface area (Å²) < 4.78 is 7.37. The minimum atomic E-state index is -0.530. The Morgan fingerprint density at radius 2 is 1.87 bits per heavy atom. The largest absolute Gasteiger partial charge is 0.444 e. The molecule has 0 unspecified atom stereocenters. The number of hydrogen-bond acceptors (Lipinski definition) is 4. The molecular formula is C22H35IN6O2. The summed E-state index contributed by atoms with van der Waals surface area (Å²) in [4.78, 5) is 20.4. The fraction of sp³-hybridized carbons (Fsp3) is 0.500. The zero-order valence-electron chi connectivity index (χ0n) is 19.2. The van der Waals surface area contributed by atoms with Crippen LogP contribution in [0.15, 0.2) is 48.0 Å². The van der Waals surface area contributed by atoms with Crippen molar-refractivity contribution in [2.75, 3.05) is 13.6 Å². The number of ether oxygens (including phenoxy) is 1. The molecule has 3 N–H and O–H groups in total. The normalized spacial score (nSPS) is 12.0. The van der Waals surface area contributed by atoms with Crippen molar-refractivity contribution in [1.29, 1.82) is 0 Å². The molecule has 8 nitrogen and oxygen atoms in total. The van der Waals surface area contributed by atoms with E-state index in [4.69, 9.17) is 4.74 Å². The fourth-order valence-electron chi connectivity index (χ4n) is 2.76. The third-order valence-corrected chi connectivity index (χ3v) is 4.14. The number of aliphatic imine (C=N–C) groups is 1. The van der Waals surface area contributed by atoms with Crippen molar-refractivity contribution in [2.24, 2.45) is 4.99 Å². The molecule has 0 spiro atoms. The number of nitrogens with zero attached hydrogens (tertiary/aromatic N) is 3. The highest BCUT2D eigenvalue weighted by Gasteiger charge is 2.24. The van der Waals surface area contributed by atoms with Crippen LogP contribution in [0.1, 0.15) is 45.7 Å². The van der Waals surface area contributed by atoms with E-state index in [9.17, 15) is 4.79 Å². The minimum Gasteiger partial charge on any atom is -0.444 e. The smallest absolute Gasteiger partial charge is 0.408 e. The number of hydrogen-bond donors (Lipinski definition) is 3. The quantitative estimate of drug-likeness (QED) is 0.283. The Morgan fingerprint density at radius 1 is 1.16 bits per heavy atom.